The molecule has 0 aliphatic carbocycles. The minimum Gasteiger partial charge on any atom is -0.420 e. The van der Waals surface area contributed by atoms with Crippen LogP contribution in [-0.4, -0.2) is 25.0 Å². The molecule has 0 fully saturated rings. The third kappa shape index (κ3) is 2.34. The maximum Gasteiger partial charge on any atom is 0.341 e. The molecule has 0 saturated heterocycles. The van der Waals surface area contributed by atoms with E-state index < -0.39 is 0 Å². The minimum atomic E-state index is 0.104. The fraction of sp³-hybridized carbons (Fsp3) is 0.143. The van der Waals surface area contributed by atoms with Crippen LogP contribution in [0.5, 0.6) is 11.8 Å². The van der Waals surface area contributed by atoms with Crippen LogP contribution in [-0.2, 0) is 7.05 Å². The van der Waals surface area contributed by atoms with Gasteiger partial charge in [-0.2, -0.15) is 4.98 Å². The van der Waals surface area contributed by atoms with Gasteiger partial charge in [0, 0.05) is 13.1 Å². The lowest BCUT2D eigenvalue weighted by atomic mass is 10.5. The number of hydrogen-bond donors (Lipinski definition) is 0. The number of halogens is 2. The quantitative estimate of drug-likeness (QED) is 0.806. The highest BCUT2D eigenvalue weighted by molar-refractivity contribution is 6.32. The second-order valence-electron chi connectivity index (χ2n) is 2.62. The van der Waals surface area contributed by atoms with Crippen LogP contribution >= 0.6 is 23.2 Å². The zero-order valence-corrected chi connectivity index (χ0v) is 9.07. The second kappa shape index (κ2) is 4.00. The zero-order chi connectivity index (χ0) is 10.8. The molecule has 0 N–H and O–H groups in total. The number of aromatic nitrogens is 5. The van der Waals surface area contributed by atoms with E-state index in [4.69, 9.17) is 27.9 Å². The molecular weight excluding hydrogens is 241 g/mol. The average molecular weight is 246 g/mol. The van der Waals surface area contributed by atoms with Crippen molar-refractivity contribution < 1.29 is 4.74 Å². The second-order valence-corrected chi connectivity index (χ2v) is 3.37. The van der Waals surface area contributed by atoms with Crippen molar-refractivity contribution in [3.05, 3.63) is 22.7 Å². The van der Waals surface area contributed by atoms with Crippen molar-refractivity contribution in [2.75, 3.05) is 0 Å². The summed E-state index contributed by atoms with van der Waals surface area (Å²) in [7, 11) is 1.72. The number of nitrogens with zero attached hydrogens (tertiary/aromatic N) is 5. The number of ether oxygens (including phenoxy) is 1. The van der Waals surface area contributed by atoms with Crippen molar-refractivity contribution in [3.63, 3.8) is 0 Å². The van der Waals surface area contributed by atoms with E-state index >= 15 is 0 Å². The summed E-state index contributed by atoms with van der Waals surface area (Å²) in [4.78, 5) is 3.86. The van der Waals surface area contributed by atoms with E-state index in [1.54, 1.807) is 7.05 Å². The van der Waals surface area contributed by atoms with Gasteiger partial charge in [0.1, 0.15) is 6.33 Å². The molecule has 2 rings (SSSR count). The van der Waals surface area contributed by atoms with Crippen molar-refractivity contribution in [2.45, 2.75) is 0 Å². The molecule has 0 aromatic carbocycles. The third-order valence-electron chi connectivity index (χ3n) is 1.47. The molecule has 15 heavy (non-hydrogen) atoms. The summed E-state index contributed by atoms with van der Waals surface area (Å²) >= 11 is 11.4. The van der Waals surface area contributed by atoms with Crippen molar-refractivity contribution >= 4 is 23.2 Å². The third-order valence-corrected chi connectivity index (χ3v) is 1.91. The van der Waals surface area contributed by atoms with E-state index in [0.29, 0.717) is 0 Å². The fourth-order valence-corrected chi connectivity index (χ4v) is 1.14. The maximum absolute atomic E-state index is 5.73. The summed E-state index contributed by atoms with van der Waals surface area (Å²) in [6.45, 7) is 0. The van der Waals surface area contributed by atoms with Crippen LogP contribution in [0.15, 0.2) is 12.4 Å². The molecule has 0 spiro atoms. The molecule has 0 atom stereocenters. The molecule has 8 heteroatoms. The van der Waals surface area contributed by atoms with Gasteiger partial charge in [0.25, 0.3) is 0 Å². The Kier molecular flexibility index (Phi) is 2.70. The Balaban J connectivity index is 2.27. The standard InChI is InChI=1S/C7H5Cl2N5O/c1-14-3-10-7(13-14)15-4-2-5(8)11-12-6(4)9/h2-3H,1H3. The van der Waals surface area contributed by atoms with Crippen LogP contribution < -0.4 is 4.74 Å². The molecule has 0 unspecified atom stereocenters. The summed E-state index contributed by atoms with van der Waals surface area (Å²) in [5.41, 5.74) is 0. The summed E-state index contributed by atoms with van der Waals surface area (Å²) in [5, 5.41) is 11.3. The molecule has 2 heterocycles. The van der Waals surface area contributed by atoms with Crippen LogP contribution in [0.25, 0.3) is 0 Å². The Labute approximate surface area is 94.8 Å². The normalized spacial score (nSPS) is 10.3. The molecule has 0 amide bonds. The fourth-order valence-electron chi connectivity index (χ4n) is 0.874. The highest BCUT2D eigenvalue weighted by atomic mass is 35.5. The average Bonchev–Trinajstić information content (AvgIpc) is 2.58. The SMILES string of the molecule is Cn1cnc(Oc2cc(Cl)nnc2Cl)n1. The Morgan fingerprint density at radius 3 is 2.80 bits per heavy atom. The van der Waals surface area contributed by atoms with Gasteiger partial charge in [0.05, 0.1) is 0 Å². The molecular formula is C7H5Cl2N5O. The summed E-state index contributed by atoms with van der Waals surface area (Å²) in [5.74, 6) is 0.267. The smallest absolute Gasteiger partial charge is 0.341 e. The first-order valence-corrected chi connectivity index (χ1v) is 4.63. The van der Waals surface area contributed by atoms with Gasteiger partial charge in [-0.3, -0.25) is 4.68 Å². The van der Waals surface area contributed by atoms with Crippen molar-refractivity contribution in [3.8, 4) is 11.8 Å². The molecule has 2 aromatic heterocycles. The van der Waals surface area contributed by atoms with Gasteiger partial charge in [0.2, 0.25) is 0 Å². The monoisotopic (exact) mass is 245 g/mol. The van der Waals surface area contributed by atoms with Gasteiger partial charge in [-0.25, -0.2) is 0 Å². The van der Waals surface area contributed by atoms with Crippen molar-refractivity contribution in [1.82, 2.24) is 25.0 Å². The van der Waals surface area contributed by atoms with E-state index in [9.17, 15) is 0 Å². The minimum absolute atomic E-state index is 0.104. The van der Waals surface area contributed by atoms with E-state index in [1.807, 2.05) is 0 Å². The van der Waals surface area contributed by atoms with Crippen LogP contribution in [0.4, 0.5) is 0 Å². The predicted octanol–water partition coefficient (Wildman–Crippen LogP) is 1.70. The lowest BCUT2D eigenvalue weighted by Crippen LogP contribution is -1.93. The summed E-state index contributed by atoms with van der Waals surface area (Å²) in [6, 6.07) is 1.61. The van der Waals surface area contributed by atoms with Gasteiger partial charge in [0.15, 0.2) is 16.1 Å². The van der Waals surface area contributed by atoms with E-state index in [0.717, 1.165) is 0 Å². The first kappa shape index (κ1) is 10.1. The first-order valence-electron chi connectivity index (χ1n) is 3.87. The Morgan fingerprint density at radius 2 is 2.13 bits per heavy atom. The lowest BCUT2D eigenvalue weighted by molar-refractivity contribution is 0.436. The highest BCUT2D eigenvalue weighted by Gasteiger charge is 2.09. The lowest BCUT2D eigenvalue weighted by Gasteiger charge is -2.01. The van der Waals surface area contributed by atoms with Crippen LogP contribution in [0.1, 0.15) is 0 Å². The maximum atomic E-state index is 5.73. The van der Waals surface area contributed by atoms with E-state index in [1.165, 1.54) is 17.1 Å². The number of rotatable bonds is 2. The van der Waals surface area contributed by atoms with E-state index in [2.05, 4.69) is 20.3 Å². The topological polar surface area (TPSA) is 65.7 Å². The Bertz CT molecular complexity index is 486. The molecule has 0 saturated carbocycles. The molecule has 0 aliphatic rings. The highest BCUT2D eigenvalue weighted by Crippen LogP contribution is 2.26. The van der Waals surface area contributed by atoms with Crippen LogP contribution in [0.3, 0.4) is 0 Å². The van der Waals surface area contributed by atoms with Gasteiger partial charge < -0.3 is 4.74 Å². The Morgan fingerprint density at radius 1 is 1.33 bits per heavy atom. The Hall–Kier alpha value is -1.40. The largest absolute Gasteiger partial charge is 0.420 e. The number of aryl methyl sites for hydroxylation is 1. The zero-order valence-electron chi connectivity index (χ0n) is 7.55. The van der Waals surface area contributed by atoms with Gasteiger partial charge in [-0.05, 0) is 0 Å². The van der Waals surface area contributed by atoms with Gasteiger partial charge in [-0.15, -0.1) is 15.3 Å². The molecule has 78 valence electrons. The molecule has 2 aromatic rings. The van der Waals surface area contributed by atoms with Crippen LogP contribution in [0.2, 0.25) is 10.3 Å². The predicted molar refractivity (Wildman–Crippen MR) is 53.1 cm³/mol. The molecule has 0 radical (unpaired) electrons. The van der Waals surface area contributed by atoms with Gasteiger partial charge in [-0.1, -0.05) is 23.2 Å². The summed E-state index contributed by atoms with van der Waals surface area (Å²) in [6.07, 6.45) is 1.50. The van der Waals surface area contributed by atoms with Crippen molar-refractivity contribution in [1.29, 1.82) is 0 Å². The molecule has 6 nitrogen and oxygen atoms in total. The van der Waals surface area contributed by atoms with E-state index in [-0.39, 0.29) is 22.1 Å². The van der Waals surface area contributed by atoms with Crippen molar-refractivity contribution in [2.24, 2.45) is 7.05 Å². The summed E-state index contributed by atoms with van der Waals surface area (Å²) < 4.78 is 6.75. The first-order chi connectivity index (χ1) is 7.15. The van der Waals surface area contributed by atoms with Crippen LogP contribution in [0, 0.1) is 0 Å². The molecule has 0 aliphatic heterocycles. The molecule has 0 bridgehead atoms. The van der Waals surface area contributed by atoms with Gasteiger partial charge >= 0.3 is 6.01 Å². The number of hydrogen-bond acceptors (Lipinski definition) is 5.